The summed E-state index contributed by atoms with van der Waals surface area (Å²) in [5, 5.41) is 8.82. The van der Waals surface area contributed by atoms with Gasteiger partial charge in [-0.1, -0.05) is 30.7 Å². The number of nitrogens with one attached hydrogen (secondary N) is 1. The van der Waals surface area contributed by atoms with Gasteiger partial charge in [0, 0.05) is 24.7 Å². The van der Waals surface area contributed by atoms with Crippen molar-refractivity contribution < 1.29 is 0 Å². The van der Waals surface area contributed by atoms with E-state index in [1.165, 1.54) is 11.3 Å². The van der Waals surface area contributed by atoms with Gasteiger partial charge in [0.1, 0.15) is 0 Å². The zero-order chi connectivity index (χ0) is 14.5. The quantitative estimate of drug-likeness (QED) is 0.842. The summed E-state index contributed by atoms with van der Waals surface area (Å²) in [6, 6.07) is 7.92. The molecule has 108 valence electrons. The number of halogens is 2. The third kappa shape index (κ3) is 3.62. The summed E-state index contributed by atoms with van der Waals surface area (Å²) in [4.78, 5) is 0. The normalized spacial score (nSPS) is 11.0. The van der Waals surface area contributed by atoms with Crippen LogP contribution in [0.5, 0.6) is 0 Å². The van der Waals surface area contributed by atoms with E-state index in [0.29, 0.717) is 0 Å². The van der Waals surface area contributed by atoms with E-state index in [4.69, 9.17) is 11.6 Å². The highest BCUT2D eigenvalue weighted by Crippen LogP contribution is 2.22. The Bertz CT molecular complexity index is 580. The summed E-state index contributed by atoms with van der Waals surface area (Å²) in [7, 11) is 0. The number of hydrogen-bond acceptors (Lipinski definition) is 2. The average Bonchev–Trinajstić information content (AvgIpc) is 2.75. The first-order valence-electron chi connectivity index (χ1n) is 6.84. The van der Waals surface area contributed by atoms with Gasteiger partial charge in [-0.05, 0) is 47.0 Å². The van der Waals surface area contributed by atoms with Gasteiger partial charge in [-0.15, -0.1) is 0 Å². The smallest absolute Gasteiger partial charge is 0.0767 e. The fraction of sp³-hybridized carbons (Fsp3) is 0.400. The molecular weight excluding hydrogens is 338 g/mol. The summed E-state index contributed by atoms with van der Waals surface area (Å²) in [5.74, 6) is 0. The molecule has 1 heterocycles. The van der Waals surface area contributed by atoms with Gasteiger partial charge < -0.3 is 5.32 Å². The summed E-state index contributed by atoms with van der Waals surface area (Å²) in [5.41, 5.74) is 3.50. The SMILES string of the molecule is CCc1nn(CC)c(CNCc2cccc(Cl)c2)c1Br. The molecule has 2 rings (SSSR count). The van der Waals surface area contributed by atoms with Crippen molar-refractivity contribution in [3.05, 3.63) is 50.7 Å². The molecule has 1 N–H and O–H groups in total. The topological polar surface area (TPSA) is 29.9 Å². The maximum atomic E-state index is 5.99. The molecule has 5 heteroatoms. The fourth-order valence-electron chi connectivity index (χ4n) is 2.16. The summed E-state index contributed by atoms with van der Waals surface area (Å²) in [6.07, 6.45) is 0.939. The standard InChI is InChI=1S/C15H19BrClN3/c1-3-13-15(16)14(20(4-2)19-13)10-18-9-11-6-5-7-12(17)8-11/h5-8,18H,3-4,9-10H2,1-2H3. The molecule has 1 aromatic carbocycles. The van der Waals surface area contributed by atoms with Crippen molar-refractivity contribution >= 4 is 27.5 Å². The van der Waals surface area contributed by atoms with Gasteiger partial charge in [-0.25, -0.2) is 0 Å². The number of aryl methyl sites for hydroxylation is 2. The molecular formula is C15H19BrClN3. The number of benzene rings is 1. The highest BCUT2D eigenvalue weighted by atomic mass is 79.9. The zero-order valence-electron chi connectivity index (χ0n) is 11.8. The van der Waals surface area contributed by atoms with Crippen molar-refractivity contribution in [2.45, 2.75) is 39.9 Å². The van der Waals surface area contributed by atoms with Crippen LogP contribution in [0.3, 0.4) is 0 Å². The molecule has 0 amide bonds. The molecule has 0 saturated heterocycles. The van der Waals surface area contributed by atoms with E-state index >= 15 is 0 Å². The van der Waals surface area contributed by atoms with Crippen molar-refractivity contribution in [1.82, 2.24) is 15.1 Å². The molecule has 0 fully saturated rings. The van der Waals surface area contributed by atoms with Gasteiger partial charge in [0.15, 0.2) is 0 Å². The van der Waals surface area contributed by atoms with Crippen molar-refractivity contribution in [2.75, 3.05) is 0 Å². The minimum atomic E-state index is 0.775. The van der Waals surface area contributed by atoms with Gasteiger partial charge in [0.05, 0.1) is 15.9 Å². The van der Waals surface area contributed by atoms with E-state index in [1.54, 1.807) is 0 Å². The monoisotopic (exact) mass is 355 g/mol. The number of rotatable bonds is 6. The molecule has 0 radical (unpaired) electrons. The molecule has 0 aliphatic heterocycles. The van der Waals surface area contributed by atoms with Crippen molar-refractivity contribution in [2.24, 2.45) is 0 Å². The Balaban J connectivity index is 2.02. The van der Waals surface area contributed by atoms with E-state index < -0.39 is 0 Å². The highest BCUT2D eigenvalue weighted by Gasteiger charge is 2.13. The first kappa shape index (κ1) is 15.5. The first-order valence-corrected chi connectivity index (χ1v) is 8.02. The van der Waals surface area contributed by atoms with Crippen LogP contribution in [0.25, 0.3) is 0 Å². The highest BCUT2D eigenvalue weighted by molar-refractivity contribution is 9.10. The molecule has 2 aromatic rings. The van der Waals surface area contributed by atoms with Crippen molar-refractivity contribution in [3.63, 3.8) is 0 Å². The van der Waals surface area contributed by atoms with Crippen LogP contribution in [0.15, 0.2) is 28.7 Å². The Hall–Kier alpha value is -0.840. The lowest BCUT2D eigenvalue weighted by atomic mass is 10.2. The van der Waals surface area contributed by atoms with Gasteiger partial charge in [0.2, 0.25) is 0 Å². The second-order valence-corrected chi connectivity index (χ2v) is 5.84. The number of hydrogen-bond donors (Lipinski definition) is 1. The first-order chi connectivity index (χ1) is 9.65. The molecule has 0 unspecified atom stereocenters. The van der Waals surface area contributed by atoms with E-state index in [-0.39, 0.29) is 0 Å². The predicted molar refractivity (Wildman–Crippen MR) is 87.0 cm³/mol. The Morgan fingerprint density at radius 2 is 2.10 bits per heavy atom. The largest absolute Gasteiger partial charge is 0.307 e. The number of aromatic nitrogens is 2. The Morgan fingerprint density at radius 1 is 1.30 bits per heavy atom. The second-order valence-electron chi connectivity index (χ2n) is 4.61. The van der Waals surface area contributed by atoms with Crippen LogP contribution in [0, 0.1) is 0 Å². The molecule has 0 bridgehead atoms. The van der Waals surface area contributed by atoms with Crippen LogP contribution >= 0.6 is 27.5 Å². The summed E-state index contributed by atoms with van der Waals surface area (Å²) < 4.78 is 3.17. The lowest BCUT2D eigenvalue weighted by molar-refractivity contribution is 0.576. The van der Waals surface area contributed by atoms with Crippen LogP contribution in [-0.2, 0) is 26.1 Å². The zero-order valence-corrected chi connectivity index (χ0v) is 14.1. The minimum Gasteiger partial charge on any atom is -0.307 e. The molecule has 20 heavy (non-hydrogen) atoms. The Labute approximate surface area is 133 Å². The van der Waals surface area contributed by atoms with Gasteiger partial charge in [-0.3, -0.25) is 4.68 Å². The van der Waals surface area contributed by atoms with Gasteiger partial charge in [0.25, 0.3) is 0 Å². The minimum absolute atomic E-state index is 0.775. The Morgan fingerprint density at radius 3 is 2.75 bits per heavy atom. The molecule has 0 spiro atoms. The summed E-state index contributed by atoms with van der Waals surface area (Å²) in [6.45, 7) is 6.69. The summed E-state index contributed by atoms with van der Waals surface area (Å²) >= 11 is 9.64. The fourth-order valence-corrected chi connectivity index (χ4v) is 3.08. The van der Waals surface area contributed by atoms with E-state index in [2.05, 4.69) is 46.3 Å². The molecule has 0 saturated carbocycles. The molecule has 0 atom stereocenters. The lowest BCUT2D eigenvalue weighted by Crippen LogP contribution is -2.16. The average molecular weight is 357 g/mol. The molecule has 3 nitrogen and oxygen atoms in total. The van der Waals surface area contributed by atoms with E-state index in [0.717, 1.165) is 41.2 Å². The van der Waals surface area contributed by atoms with Crippen molar-refractivity contribution in [1.29, 1.82) is 0 Å². The predicted octanol–water partition coefficient (Wildman–Crippen LogP) is 4.17. The van der Waals surface area contributed by atoms with E-state index in [1.807, 2.05) is 22.9 Å². The lowest BCUT2D eigenvalue weighted by Gasteiger charge is -2.08. The molecule has 0 aliphatic rings. The maximum absolute atomic E-state index is 5.99. The molecule has 0 aliphatic carbocycles. The third-order valence-electron chi connectivity index (χ3n) is 3.20. The second kappa shape index (κ2) is 7.25. The number of nitrogens with zero attached hydrogens (tertiary/aromatic N) is 2. The van der Waals surface area contributed by atoms with Crippen LogP contribution in [-0.4, -0.2) is 9.78 Å². The Kier molecular flexibility index (Phi) is 5.64. The van der Waals surface area contributed by atoms with Gasteiger partial charge >= 0.3 is 0 Å². The van der Waals surface area contributed by atoms with Crippen LogP contribution in [0.4, 0.5) is 0 Å². The molecule has 1 aromatic heterocycles. The maximum Gasteiger partial charge on any atom is 0.0767 e. The van der Waals surface area contributed by atoms with Crippen molar-refractivity contribution in [3.8, 4) is 0 Å². The van der Waals surface area contributed by atoms with Crippen LogP contribution < -0.4 is 5.32 Å². The third-order valence-corrected chi connectivity index (χ3v) is 4.36. The van der Waals surface area contributed by atoms with Crippen LogP contribution in [0.2, 0.25) is 5.02 Å². The van der Waals surface area contributed by atoms with Gasteiger partial charge in [-0.2, -0.15) is 5.10 Å². The van der Waals surface area contributed by atoms with Crippen LogP contribution in [0.1, 0.15) is 30.8 Å². The van der Waals surface area contributed by atoms with E-state index in [9.17, 15) is 0 Å².